The molecule has 0 bridgehead atoms. The molecule has 0 aromatic carbocycles. The molecular weight excluding hydrogens is 456 g/mol. The van der Waals surface area contributed by atoms with Crippen molar-refractivity contribution in [1.82, 2.24) is 0 Å². The van der Waals surface area contributed by atoms with Gasteiger partial charge in [-0.1, -0.05) is 110 Å². The summed E-state index contributed by atoms with van der Waals surface area (Å²) in [5, 5.41) is 9.49. The van der Waals surface area contributed by atoms with Crippen molar-refractivity contribution in [3.8, 4) is 0 Å². The van der Waals surface area contributed by atoms with Gasteiger partial charge in [0.05, 0.1) is 20.6 Å². The van der Waals surface area contributed by atoms with Gasteiger partial charge in [-0.15, -0.1) is 0 Å². The number of halogens is 1. The van der Waals surface area contributed by atoms with Crippen LogP contribution in [0.15, 0.2) is 12.2 Å². The van der Waals surface area contributed by atoms with Crippen molar-refractivity contribution >= 4 is 5.91 Å². The van der Waals surface area contributed by atoms with Gasteiger partial charge in [0.2, 0.25) is 5.91 Å². The Balaban J connectivity index is -0.000000784. The number of aliphatic hydroxyl groups is 1. The molecule has 212 valence electrons. The molecule has 0 aliphatic heterocycles. The summed E-state index contributed by atoms with van der Waals surface area (Å²) in [5.74, 6) is -0.156. The van der Waals surface area contributed by atoms with Crippen LogP contribution >= 0.6 is 0 Å². The van der Waals surface area contributed by atoms with E-state index in [9.17, 15) is 9.90 Å². The first kappa shape index (κ1) is 38.9. The molecule has 0 spiro atoms. The fourth-order valence-electron chi connectivity index (χ4n) is 4.30. The predicted octanol–water partition coefficient (Wildman–Crippen LogP) is 5.27. The molecule has 0 rings (SSSR count). The molecule has 1 atom stereocenters. The summed E-state index contributed by atoms with van der Waals surface area (Å²) in [6, 6.07) is 0. The first-order chi connectivity index (χ1) is 16.3. The molecule has 0 saturated heterocycles. The monoisotopic (exact) mass is 518 g/mol. The van der Waals surface area contributed by atoms with E-state index < -0.39 is 0 Å². The Kier molecular flexibility index (Phi) is 33.0. The SMILES string of the molecule is CCCCCCCC/C=C\CCCCCCCCCCCC(N)=O.CCC[N+](C)(C)C(O)CC.[Cl-]. The van der Waals surface area contributed by atoms with Crippen LogP contribution in [-0.4, -0.2) is 42.4 Å². The number of hydrogen-bond donors (Lipinski definition) is 2. The number of unbranched alkanes of at least 4 members (excludes halogenated alkanes) is 15. The molecule has 5 heteroatoms. The number of aliphatic hydroxyl groups excluding tert-OH is 1. The largest absolute Gasteiger partial charge is 1.00 e. The van der Waals surface area contributed by atoms with Crippen LogP contribution < -0.4 is 18.1 Å². The van der Waals surface area contributed by atoms with Crippen molar-refractivity contribution in [1.29, 1.82) is 0 Å². The second-order valence-corrected chi connectivity index (χ2v) is 10.6. The number of nitrogens with two attached hydrogens (primary N) is 1. The third kappa shape index (κ3) is 31.4. The van der Waals surface area contributed by atoms with Crippen molar-refractivity contribution < 1.29 is 26.8 Å². The van der Waals surface area contributed by atoms with Gasteiger partial charge in [-0.3, -0.25) is 4.79 Å². The van der Waals surface area contributed by atoms with Gasteiger partial charge in [-0.05, 0) is 38.5 Å². The van der Waals surface area contributed by atoms with E-state index in [0.717, 1.165) is 36.7 Å². The van der Waals surface area contributed by atoms with Gasteiger partial charge in [0.1, 0.15) is 0 Å². The molecule has 0 aliphatic rings. The zero-order valence-corrected chi connectivity index (χ0v) is 25.1. The van der Waals surface area contributed by atoms with Crippen LogP contribution in [0.4, 0.5) is 0 Å². The van der Waals surface area contributed by atoms with Gasteiger partial charge < -0.3 is 27.7 Å². The molecular formula is C30H63ClN2O2. The quantitative estimate of drug-likeness (QED) is 0.0836. The van der Waals surface area contributed by atoms with Gasteiger partial charge in [0.15, 0.2) is 6.23 Å². The summed E-state index contributed by atoms with van der Waals surface area (Å²) in [4.78, 5) is 10.6. The smallest absolute Gasteiger partial charge is 0.217 e. The number of rotatable bonds is 23. The number of primary amides is 1. The molecule has 0 fully saturated rings. The average molecular weight is 519 g/mol. The highest BCUT2D eigenvalue weighted by Gasteiger charge is 2.22. The summed E-state index contributed by atoms with van der Waals surface area (Å²) in [6.45, 7) is 7.48. The van der Waals surface area contributed by atoms with Crippen molar-refractivity contribution in [2.45, 2.75) is 155 Å². The Morgan fingerprint density at radius 3 is 1.49 bits per heavy atom. The second-order valence-electron chi connectivity index (χ2n) is 10.6. The summed E-state index contributed by atoms with van der Waals surface area (Å²) < 4.78 is 0.729. The van der Waals surface area contributed by atoms with Crippen LogP contribution in [0.2, 0.25) is 0 Å². The van der Waals surface area contributed by atoms with Crippen LogP contribution in [0, 0.1) is 0 Å². The summed E-state index contributed by atoms with van der Waals surface area (Å²) in [5.41, 5.74) is 5.13. The lowest BCUT2D eigenvalue weighted by Crippen LogP contribution is -3.00. The maximum atomic E-state index is 10.6. The van der Waals surface area contributed by atoms with Gasteiger partial charge in [-0.25, -0.2) is 0 Å². The summed E-state index contributed by atoms with van der Waals surface area (Å²) in [6.07, 6.45) is 29.6. The van der Waals surface area contributed by atoms with Crippen molar-refractivity contribution in [2.75, 3.05) is 20.6 Å². The minimum absolute atomic E-state index is 0. The highest BCUT2D eigenvalue weighted by atomic mass is 35.5. The number of allylic oxidation sites excluding steroid dienone is 2. The normalized spacial score (nSPS) is 12.2. The van der Waals surface area contributed by atoms with Crippen molar-refractivity contribution in [3.63, 3.8) is 0 Å². The Morgan fingerprint density at radius 2 is 1.11 bits per heavy atom. The summed E-state index contributed by atoms with van der Waals surface area (Å²) >= 11 is 0. The van der Waals surface area contributed by atoms with E-state index in [1.807, 2.05) is 6.92 Å². The molecule has 35 heavy (non-hydrogen) atoms. The van der Waals surface area contributed by atoms with Gasteiger partial charge in [-0.2, -0.15) is 0 Å². The zero-order chi connectivity index (χ0) is 25.9. The molecule has 0 aromatic heterocycles. The van der Waals surface area contributed by atoms with Crippen LogP contribution in [-0.2, 0) is 4.79 Å². The summed E-state index contributed by atoms with van der Waals surface area (Å²) in [7, 11) is 4.13. The minimum atomic E-state index is -0.194. The molecule has 1 unspecified atom stereocenters. The zero-order valence-electron chi connectivity index (χ0n) is 24.3. The molecule has 3 N–H and O–H groups in total. The highest BCUT2D eigenvalue weighted by molar-refractivity contribution is 5.73. The fraction of sp³-hybridized carbons (Fsp3) is 0.900. The van der Waals surface area contributed by atoms with E-state index >= 15 is 0 Å². The van der Waals surface area contributed by atoms with E-state index in [1.54, 1.807) is 0 Å². The molecule has 4 nitrogen and oxygen atoms in total. The van der Waals surface area contributed by atoms with Crippen molar-refractivity contribution in [3.05, 3.63) is 12.2 Å². The van der Waals surface area contributed by atoms with Crippen LogP contribution in [0.1, 0.15) is 149 Å². The minimum Gasteiger partial charge on any atom is -1.00 e. The number of carbonyl (C=O) groups excluding carboxylic acids is 1. The molecule has 0 aliphatic carbocycles. The number of quaternary nitrogens is 1. The molecule has 0 aromatic rings. The lowest BCUT2D eigenvalue weighted by atomic mass is 10.1. The molecule has 0 heterocycles. The van der Waals surface area contributed by atoms with Gasteiger partial charge in [0, 0.05) is 12.8 Å². The lowest BCUT2D eigenvalue weighted by Gasteiger charge is -2.33. The highest BCUT2D eigenvalue weighted by Crippen LogP contribution is 2.12. The average Bonchev–Trinajstić information content (AvgIpc) is 2.80. The topological polar surface area (TPSA) is 63.3 Å². The maximum Gasteiger partial charge on any atom is 0.217 e. The first-order valence-electron chi connectivity index (χ1n) is 14.8. The Labute approximate surface area is 226 Å². The van der Waals surface area contributed by atoms with Crippen molar-refractivity contribution in [2.24, 2.45) is 5.73 Å². The number of hydrogen-bond acceptors (Lipinski definition) is 2. The number of carbonyl (C=O) groups is 1. The van der Waals surface area contributed by atoms with Gasteiger partial charge in [0.25, 0.3) is 0 Å². The third-order valence-corrected chi connectivity index (χ3v) is 6.66. The van der Waals surface area contributed by atoms with E-state index in [1.165, 1.54) is 96.3 Å². The molecule has 0 radical (unpaired) electrons. The molecule has 1 amide bonds. The Hall–Kier alpha value is -0.580. The molecule has 0 saturated carbocycles. The first-order valence-corrected chi connectivity index (χ1v) is 14.8. The van der Waals surface area contributed by atoms with Gasteiger partial charge >= 0.3 is 0 Å². The Bertz CT molecular complexity index is 456. The van der Waals surface area contributed by atoms with E-state index in [4.69, 9.17) is 5.73 Å². The second kappa shape index (κ2) is 29.6. The number of nitrogens with zero attached hydrogens (tertiary/aromatic N) is 1. The lowest BCUT2D eigenvalue weighted by molar-refractivity contribution is -0.936. The fourth-order valence-corrected chi connectivity index (χ4v) is 4.30. The van der Waals surface area contributed by atoms with E-state index in [-0.39, 0.29) is 24.5 Å². The van der Waals surface area contributed by atoms with Crippen LogP contribution in [0.25, 0.3) is 0 Å². The standard InChI is InChI=1S/C22H43NO.C8H20NO.ClH/c1-2-3-4-5-6-7-8-9-10-11-12-13-14-15-16-17-18-19-20-21-22(23)24;1-5-7-9(3,4)8(10)6-2;/h9-10H,2-8,11-21H2,1H3,(H2,23,24);8,10H,5-7H2,1-4H3;1H/q;+1;/p-1/b10-9-;;. The van der Waals surface area contributed by atoms with Crippen LogP contribution in [0.5, 0.6) is 0 Å². The number of amides is 1. The van der Waals surface area contributed by atoms with E-state index in [2.05, 4.69) is 40.1 Å². The third-order valence-electron chi connectivity index (χ3n) is 6.66. The Morgan fingerprint density at radius 1 is 0.714 bits per heavy atom. The van der Waals surface area contributed by atoms with E-state index in [0.29, 0.717) is 6.42 Å². The van der Waals surface area contributed by atoms with Crippen LogP contribution in [0.3, 0.4) is 0 Å². The maximum absolute atomic E-state index is 10.6. The predicted molar refractivity (Wildman–Crippen MR) is 151 cm³/mol.